The summed E-state index contributed by atoms with van der Waals surface area (Å²) in [6.45, 7) is 8.79. The Labute approximate surface area is 385 Å². The molecule has 2 unspecified atom stereocenters. The van der Waals surface area contributed by atoms with E-state index >= 15 is 0 Å². The average molecular weight is 873 g/mol. The monoisotopic (exact) mass is 873 g/mol. The Morgan fingerprint density at radius 3 is 0.935 bits per heavy atom. The highest BCUT2D eigenvalue weighted by atomic mass is 16.6. The van der Waals surface area contributed by atoms with Gasteiger partial charge in [0.15, 0.2) is 0 Å². The minimum absolute atomic E-state index is 0.00861. The third kappa shape index (κ3) is 45.9. The Hall–Kier alpha value is -2.11. The summed E-state index contributed by atoms with van der Waals surface area (Å²) in [4.78, 5) is 38.6. The van der Waals surface area contributed by atoms with Crippen molar-refractivity contribution >= 4 is 17.9 Å². The van der Waals surface area contributed by atoms with Crippen LogP contribution in [0.1, 0.15) is 297 Å². The molecule has 62 heavy (non-hydrogen) atoms. The minimum atomic E-state index is -0.622. The second-order valence-electron chi connectivity index (χ2n) is 18.5. The fourth-order valence-electron chi connectivity index (χ4n) is 8.10. The van der Waals surface area contributed by atoms with Crippen LogP contribution in [-0.2, 0) is 28.6 Å². The van der Waals surface area contributed by atoms with E-state index in [1.165, 1.54) is 167 Å². The van der Waals surface area contributed by atoms with Crippen LogP contribution in [0.15, 0.2) is 24.3 Å². The molecule has 0 saturated heterocycles. The zero-order chi connectivity index (χ0) is 45.2. The average Bonchev–Trinajstić information content (AvgIpc) is 3.27. The van der Waals surface area contributed by atoms with Crippen molar-refractivity contribution < 1.29 is 28.6 Å². The van der Waals surface area contributed by atoms with Crippen LogP contribution in [0.3, 0.4) is 0 Å². The normalized spacial score (nSPS) is 12.6. The van der Waals surface area contributed by atoms with Crippen LogP contribution in [0.4, 0.5) is 0 Å². The topological polar surface area (TPSA) is 78.9 Å². The van der Waals surface area contributed by atoms with Gasteiger partial charge >= 0.3 is 17.9 Å². The van der Waals surface area contributed by atoms with E-state index in [0.29, 0.717) is 32.1 Å². The van der Waals surface area contributed by atoms with Crippen molar-refractivity contribution in [1.29, 1.82) is 0 Å². The van der Waals surface area contributed by atoms with Crippen molar-refractivity contribution in [2.75, 3.05) is 6.61 Å². The van der Waals surface area contributed by atoms with Crippen molar-refractivity contribution in [3.05, 3.63) is 24.3 Å². The molecule has 0 bridgehead atoms. The van der Waals surface area contributed by atoms with Gasteiger partial charge in [0, 0.05) is 25.7 Å². The quantitative estimate of drug-likeness (QED) is 0.0262. The molecule has 0 aromatic heterocycles. The first-order valence-electron chi connectivity index (χ1n) is 27.3. The standard InChI is InChI=1S/C56H104O6/c1-5-9-12-15-18-21-24-26-28-30-33-35-38-41-44-47-54(57)60-51-53(50-52(8-4)61-55(58)48-45-42-39-36-32-23-20-17-14-11-7-3)62-56(59)49-46-43-40-37-34-31-29-27-25-22-19-16-13-10-6-2/h26-29,52-53H,5-25,30-51H2,1-4H3. The van der Waals surface area contributed by atoms with E-state index in [1.807, 2.05) is 6.92 Å². The number of carbonyl (C=O) groups excluding carboxylic acids is 3. The van der Waals surface area contributed by atoms with Gasteiger partial charge in [-0.05, 0) is 77.0 Å². The molecule has 0 heterocycles. The molecular weight excluding hydrogens is 769 g/mol. The predicted molar refractivity (Wildman–Crippen MR) is 266 cm³/mol. The summed E-state index contributed by atoms with van der Waals surface area (Å²) in [6.07, 6.45) is 55.5. The van der Waals surface area contributed by atoms with Crippen LogP contribution in [0, 0.1) is 0 Å². The third-order valence-electron chi connectivity index (χ3n) is 12.3. The first-order valence-corrected chi connectivity index (χ1v) is 27.3. The lowest BCUT2D eigenvalue weighted by molar-refractivity contribution is -0.164. The molecule has 0 amide bonds. The SMILES string of the molecule is CCCCCCCCC=CCCCCCCCC(=O)OCC(CC(CC)OC(=O)CCCCCCCCCCCCC)OC(=O)CCCCCCCC=CCCCCCCCC. The summed E-state index contributed by atoms with van der Waals surface area (Å²) in [6, 6.07) is 0. The fourth-order valence-corrected chi connectivity index (χ4v) is 8.10. The molecule has 6 heteroatoms. The van der Waals surface area contributed by atoms with E-state index in [1.54, 1.807) is 0 Å². The van der Waals surface area contributed by atoms with Crippen LogP contribution < -0.4 is 0 Å². The molecule has 0 aromatic rings. The Bertz CT molecular complexity index is 1020. The number of hydrogen-bond acceptors (Lipinski definition) is 6. The van der Waals surface area contributed by atoms with Crippen LogP contribution in [0.5, 0.6) is 0 Å². The van der Waals surface area contributed by atoms with E-state index in [9.17, 15) is 14.4 Å². The van der Waals surface area contributed by atoms with Crippen LogP contribution in [-0.4, -0.2) is 36.7 Å². The highest BCUT2D eigenvalue weighted by Crippen LogP contribution is 2.18. The number of carbonyl (C=O) groups is 3. The summed E-state index contributed by atoms with van der Waals surface area (Å²) in [7, 11) is 0. The molecule has 6 nitrogen and oxygen atoms in total. The van der Waals surface area contributed by atoms with Crippen molar-refractivity contribution in [1.82, 2.24) is 0 Å². The number of esters is 3. The van der Waals surface area contributed by atoms with Crippen LogP contribution in [0.25, 0.3) is 0 Å². The summed E-state index contributed by atoms with van der Waals surface area (Å²) >= 11 is 0. The van der Waals surface area contributed by atoms with Crippen LogP contribution in [0.2, 0.25) is 0 Å². The van der Waals surface area contributed by atoms with Crippen molar-refractivity contribution in [3.8, 4) is 0 Å². The number of rotatable bonds is 49. The number of ether oxygens (including phenoxy) is 3. The van der Waals surface area contributed by atoms with Gasteiger partial charge in [-0.1, -0.05) is 219 Å². The molecule has 0 rings (SSSR count). The maximum Gasteiger partial charge on any atom is 0.306 e. The molecule has 0 fully saturated rings. The highest BCUT2D eigenvalue weighted by molar-refractivity contribution is 5.70. The van der Waals surface area contributed by atoms with Gasteiger partial charge in [-0.3, -0.25) is 14.4 Å². The van der Waals surface area contributed by atoms with E-state index in [-0.39, 0.29) is 30.6 Å². The van der Waals surface area contributed by atoms with E-state index in [0.717, 1.165) is 70.6 Å². The fraction of sp³-hybridized carbons (Fsp3) is 0.875. The zero-order valence-corrected chi connectivity index (χ0v) is 41.8. The second-order valence-corrected chi connectivity index (χ2v) is 18.5. The molecule has 0 aliphatic rings. The van der Waals surface area contributed by atoms with Gasteiger partial charge in [-0.25, -0.2) is 0 Å². The summed E-state index contributed by atoms with van der Waals surface area (Å²) < 4.78 is 17.5. The summed E-state index contributed by atoms with van der Waals surface area (Å²) in [5.41, 5.74) is 0. The maximum atomic E-state index is 13.0. The molecule has 2 atom stereocenters. The first-order chi connectivity index (χ1) is 30.5. The summed E-state index contributed by atoms with van der Waals surface area (Å²) in [5.74, 6) is -0.696. The molecule has 0 spiro atoms. The predicted octanol–water partition coefficient (Wildman–Crippen LogP) is 17.9. The second kappa shape index (κ2) is 49.9. The van der Waals surface area contributed by atoms with Gasteiger partial charge in [0.05, 0.1) is 0 Å². The Kier molecular flexibility index (Phi) is 48.2. The minimum Gasteiger partial charge on any atom is -0.462 e. The first kappa shape index (κ1) is 59.9. The van der Waals surface area contributed by atoms with E-state index in [2.05, 4.69) is 45.1 Å². The van der Waals surface area contributed by atoms with E-state index in [4.69, 9.17) is 14.2 Å². The summed E-state index contributed by atoms with van der Waals surface area (Å²) in [5, 5.41) is 0. The molecule has 0 aromatic carbocycles. The van der Waals surface area contributed by atoms with Crippen molar-refractivity contribution in [2.45, 2.75) is 310 Å². The lowest BCUT2D eigenvalue weighted by Crippen LogP contribution is -2.31. The van der Waals surface area contributed by atoms with Gasteiger partial charge in [-0.15, -0.1) is 0 Å². The van der Waals surface area contributed by atoms with Gasteiger partial charge in [-0.2, -0.15) is 0 Å². The van der Waals surface area contributed by atoms with Gasteiger partial charge in [0.25, 0.3) is 0 Å². The molecular formula is C56H104O6. The van der Waals surface area contributed by atoms with Crippen molar-refractivity contribution in [3.63, 3.8) is 0 Å². The lowest BCUT2D eigenvalue weighted by atomic mass is 10.1. The Morgan fingerprint density at radius 2 is 0.613 bits per heavy atom. The number of hydrogen-bond donors (Lipinski definition) is 0. The Morgan fingerprint density at radius 1 is 0.339 bits per heavy atom. The molecule has 0 aliphatic heterocycles. The zero-order valence-electron chi connectivity index (χ0n) is 41.8. The van der Waals surface area contributed by atoms with Crippen molar-refractivity contribution in [2.24, 2.45) is 0 Å². The van der Waals surface area contributed by atoms with Gasteiger partial charge in [0.2, 0.25) is 0 Å². The third-order valence-corrected chi connectivity index (χ3v) is 12.3. The number of allylic oxidation sites excluding steroid dienone is 4. The smallest absolute Gasteiger partial charge is 0.306 e. The van der Waals surface area contributed by atoms with Gasteiger partial charge in [0.1, 0.15) is 18.8 Å². The molecule has 0 N–H and O–H groups in total. The molecule has 0 radical (unpaired) electrons. The van der Waals surface area contributed by atoms with Gasteiger partial charge < -0.3 is 14.2 Å². The van der Waals surface area contributed by atoms with Crippen LogP contribution >= 0.6 is 0 Å². The lowest BCUT2D eigenvalue weighted by Gasteiger charge is -2.23. The maximum absolute atomic E-state index is 13.0. The largest absolute Gasteiger partial charge is 0.462 e. The van der Waals surface area contributed by atoms with E-state index < -0.39 is 6.10 Å². The highest BCUT2D eigenvalue weighted by Gasteiger charge is 2.24. The molecule has 0 saturated carbocycles. The molecule has 364 valence electrons. The molecule has 0 aliphatic carbocycles. The number of unbranched alkanes of at least 4 members (excludes halogenated alkanes) is 32. The Balaban J connectivity index is 4.58.